The number of sulfonamides is 1. The summed E-state index contributed by atoms with van der Waals surface area (Å²) >= 11 is 0. The summed E-state index contributed by atoms with van der Waals surface area (Å²) in [6.07, 6.45) is 3.59. The summed E-state index contributed by atoms with van der Waals surface area (Å²) in [4.78, 5) is 3.35. The normalized spacial score (nSPS) is 16.4. The van der Waals surface area contributed by atoms with Gasteiger partial charge in [-0.3, -0.25) is 5.10 Å². The molecule has 0 bridgehead atoms. The fourth-order valence-corrected chi connectivity index (χ4v) is 4.96. The van der Waals surface area contributed by atoms with Crippen LogP contribution in [0.1, 0.15) is 29.8 Å². The Morgan fingerprint density at radius 2 is 2.08 bits per heavy atom. The molecule has 1 aliphatic rings. The summed E-state index contributed by atoms with van der Waals surface area (Å²) in [5.41, 5.74) is 2.50. The lowest BCUT2D eigenvalue weighted by Gasteiger charge is -2.16. The second kappa shape index (κ2) is 5.40. The van der Waals surface area contributed by atoms with E-state index in [1.807, 2.05) is 6.20 Å². The lowest BCUT2D eigenvalue weighted by atomic mass is 9.96. The van der Waals surface area contributed by atoms with Gasteiger partial charge in [0.1, 0.15) is 10.7 Å². The van der Waals surface area contributed by atoms with Crippen LogP contribution in [-0.2, 0) is 15.4 Å². The molecule has 0 aliphatic heterocycles. The molecule has 6 nitrogen and oxygen atoms in total. The molecule has 3 aromatic rings. The van der Waals surface area contributed by atoms with E-state index in [-0.39, 0.29) is 22.7 Å². The predicted molar refractivity (Wildman–Crippen MR) is 92.4 cm³/mol. The number of nitrogens with zero attached hydrogens (tertiary/aromatic N) is 1. The molecule has 132 valence electrons. The summed E-state index contributed by atoms with van der Waals surface area (Å²) in [7, 11) is -3.65. The fraction of sp³-hybridized carbons (Fsp3) is 0.353. The number of H-pyrrole nitrogens is 2. The van der Waals surface area contributed by atoms with Crippen molar-refractivity contribution in [2.75, 3.05) is 6.54 Å². The monoisotopic (exact) mass is 362 g/mol. The topological polar surface area (TPSA) is 90.6 Å². The molecular formula is C17H19FN4O2S. The van der Waals surface area contributed by atoms with Crippen LogP contribution in [0.25, 0.3) is 10.9 Å². The van der Waals surface area contributed by atoms with Gasteiger partial charge >= 0.3 is 0 Å². The van der Waals surface area contributed by atoms with E-state index in [2.05, 4.69) is 19.9 Å². The highest BCUT2D eigenvalue weighted by Gasteiger charge is 2.46. The third kappa shape index (κ3) is 2.65. The predicted octanol–water partition coefficient (Wildman–Crippen LogP) is 2.66. The van der Waals surface area contributed by atoms with Crippen LogP contribution in [-0.4, -0.2) is 30.1 Å². The Kier molecular flexibility index (Phi) is 3.52. The van der Waals surface area contributed by atoms with Crippen LogP contribution in [0.5, 0.6) is 0 Å². The van der Waals surface area contributed by atoms with E-state index < -0.39 is 10.0 Å². The van der Waals surface area contributed by atoms with Crippen molar-refractivity contribution in [3.05, 3.63) is 47.2 Å². The zero-order valence-corrected chi connectivity index (χ0v) is 14.8. The molecule has 0 unspecified atom stereocenters. The number of aryl methyl sites for hydroxylation is 2. The number of aromatic nitrogens is 3. The molecule has 0 saturated heterocycles. The first kappa shape index (κ1) is 16.3. The molecule has 1 saturated carbocycles. The number of rotatable bonds is 5. The second-order valence-electron chi connectivity index (χ2n) is 6.76. The minimum atomic E-state index is -3.65. The maximum atomic E-state index is 13.6. The van der Waals surface area contributed by atoms with Crippen molar-refractivity contribution >= 4 is 20.9 Å². The first-order valence-corrected chi connectivity index (χ1v) is 9.59. The smallest absolute Gasteiger partial charge is 0.244 e. The van der Waals surface area contributed by atoms with Gasteiger partial charge in [-0.1, -0.05) is 0 Å². The van der Waals surface area contributed by atoms with E-state index in [0.29, 0.717) is 11.4 Å². The van der Waals surface area contributed by atoms with Crippen LogP contribution in [0.15, 0.2) is 29.3 Å². The standard InChI is InChI=1S/C17H19FN4O2S/c1-10-16(11(2)22-21-10)25(23,24)20-9-17(5-6-17)14-8-19-15-4-3-12(18)7-13(14)15/h3-4,7-8,19-20H,5-6,9H2,1-2H3,(H,21,22). The van der Waals surface area contributed by atoms with Crippen molar-refractivity contribution < 1.29 is 12.8 Å². The van der Waals surface area contributed by atoms with Crippen molar-refractivity contribution in [3.63, 3.8) is 0 Å². The molecule has 25 heavy (non-hydrogen) atoms. The average molecular weight is 362 g/mol. The highest BCUT2D eigenvalue weighted by atomic mass is 32.2. The van der Waals surface area contributed by atoms with Crippen LogP contribution in [0.3, 0.4) is 0 Å². The Hall–Kier alpha value is -2.19. The van der Waals surface area contributed by atoms with E-state index in [1.54, 1.807) is 19.9 Å². The van der Waals surface area contributed by atoms with E-state index in [1.165, 1.54) is 12.1 Å². The van der Waals surface area contributed by atoms with Crippen LogP contribution in [0.4, 0.5) is 4.39 Å². The molecule has 2 heterocycles. The molecule has 1 fully saturated rings. The fourth-order valence-electron chi connectivity index (χ4n) is 3.47. The van der Waals surface area contributed by atoms with Gasteiger partial charge in [-0.15, -0.1) is 0 Å². The highest BCUT2D eigenvalue weighted by molar-refractivity contribution is 7.89. The first-order chi connectivity index (χ1) is 11.8. The summed E-state index contributed by atoms with van der Waals surface area (Å²) in [5.74, 6) is -0.297. The van der Waals surface area contributed by atoms with Crippen molar-refractivity contribution in [3.8, 4) is 0 Å². The zero-order valence-electron chi connectivity index (χ0n) is 14.0. The van der Waals surface area contributed by atoms with E-state index in [9.17, 15) is 12.8 Å². The number of halogens is 1. The number of aromatic amines is 2. The Labute approximate surface area is 144 Å². The van der Waals surface area contributed by atoms with E-state index in [4.69, 9.17) is 0 Å². The van der Waals surface area contributed by atoms with Gasteiger partial charge in [0.25, 0.3) is 0 Å². The van der Waals surface area contributed by atoms with E-state index >= 15 is 0 Å². The molecule has 8 heteroatoms. The number of hydrogen-bond acceptors (Lipinski definition) is 3. The van der Waals surface area contributed by atoms with Crippen molar-refractivity contribution in [2.24, 2.45) is 0 Å². The van der Waals surface area contributed by atoms with Gasteiger partial charge in [0, 0.05) is 29.1 Å². The third-order valence-corrected chi connectivity index (χ3v) is 6.66. The molecule has 2 aromatic heterocycles. The van der Waals surface area contributed by atoms with Gasteiger partial charge in [-0.25, -0.2) is 17.5 Å². The van der Waals surface area contributed by atoms with Gasteiger partial charge in [0.15, 0.2) is 0 Å². The minimum Gasteiger partial charge on any atom is -0.361 e. The van der Waals surface area contributed by atoms with Crippen molar-refractivity contribution in [2.45, 2.75) is 37.0 Å². The van der Waals surface area contributed by atoms with Gasteiger partial charge < -0.3 is 4.98 Å². The molecule has 0 amide bonds. The molecule has 3 N–H and O–H groups in total. The lowest BCUT2D eigenvalue weighted by Crippen LogP contribution is -2.32. The Morgan fingerprint density at radius 3 is 2.72 bits per heavy atom. The summed E-state index contributed by atoms with van der Waals surface area (Å²) < 4.78 is 41.7. The number of benzene rings is 1. The van der Waals surface area contributed by atoms with Gasteiger partial charge in [-0.05, 0) is 50.5 Å². The molecular weight excluding hydrogens is 343 g/mol. The molecule has 0 spiro atoms. The summed E-state index contributed by atoms with van der Waals surface area (Å²) in [6, 6.07) is 4.61. The van der Waals surface area contributed by atoms with Crippen LogP contribution in [0, 0.1) is 19.7 Å². The number of fused-ring (bicyclic) bond motifs is 1. The molecule has 0 atom stereocenters. The maximum absolute atomic E-state index is 13.6. The summed E-state index contributed by atoms with van der Waals surface area (Å²) in [6.45, 7) is 3.63. The Morgan fingerprint density at radius 1 is 1.32 bits per heavy atom. The van der Waals surface area contributed by atoms with Crippen LogP contribution < -0.4 is 4.72 Å². The van der Waals surface area contributed by atoms with Crippen molar-refractivity contribution in [1.29, 1.82) is 0 Å². The zero-order chi connectivity index (χ0) is 17.8. The Balaban J connectivity index is 1.63. The number of hydrogen-bond donors (Lipinski definition) is 3. The van der Waals surface area contributed by atoms with Gasteiger partial charge in [-0.2, -0.15) is 5.10 Å². The molecule has 1 aliphatic carbocycles. The van der Waals surface area contributed by atoms with Crippen molar-refractivity contribution in [1.82, 2.24) is 19.9 Å². The number of nitrogens with one attached hydrogen (secondary N) is 3. The second-order valence-corrected chi connectivity index (χ2v) is 8.46. The highest BCUT2D eigenvalue weighted by Crippen LogP contribution is 2.50. The molecule has 1 aromatic carbocycles. The largest absolute Gasteiger partial charge is 0.361 e. The van der Waals surface area contributed by atoms with Gasteiger partial charge in [0.2, 0.25) is 10.0 Å². The minimum absolute atomic E-state index is 0.202. The quantitative estimate of drug-likeness (QED) is 0.652. The van der Waals surface area contributed by atoms with E-state index in [0.717, 1.165) is 29.3 Å². The maximum Gasteiger partial charge on any atom is 0.244 e. The average Bonchev–Trinajstić information content (AvgIpc) is 3.10. The van der Waals surface area contributed by atoms with Gasteiger partial charge in [0.05, 0.1) is 11.4 Å². The van der Waals surface area contributed by atoms with Crippen LogP contribution in [0.2, 0.25) is 0 Å². The SMILES string of the molecule is Cc1n[nH]c(C)c1S(=O)(=O)NCC1(c2c[nH]c3ccc(F)cc23)CC1. The van der Waals surface area contributed by atoms with Crippen LogP contribution >= 0.6 is 0 Å². The lowest BCUT2D eigenvalue weighted by molar-refractivity contribution is 0.566. The summed E-state index contributed by atoms with van der Waals surface area (Å²) in [5, 5.41) is 7.46. The molecule has 4 rings (SSSR count). The molecule has 0 radical (unpaired) electrons. The third-order valence-electron chi connectivity index (χ3n) is 5.00. The first-order valence-electron chi connectivity index (χ1n) is 8.11. The Bertz CT molecular complexity index is 1040.